The van der Waals surface area contributed by atoms with Crippen molar-refractivity contribution in [3.8, 4) is 11.4 Å². The lowest BCUT2D eigenvalue weighted by molar-refractivity contribution is -0.260. The van der Waals surface area contributed by atoms with Crippen molar-refractivity contribution < 1.29 is 18.3 Å². The van der Waals surface area contributed by atoms with Crippen LogP contribution in [0.4, 0.5) is 19.0 Å². The van der Waals surface area contributed by atoms with Crippen LogP contribution in [0.5, 0.6) is 0 Å². The third-order valence-electron chi connectivity index (χ3n) is 4.76. The third-order valence-corrected chi connectivity index (χ3v) is 4.76. The largest absolute Gasteiger partial charge is 0.422 e. The first kappa shape index (κ1) is 21.9. The second-order valence-electron chi connectivity index (χ2n) is 6.84. The van der Waals surface area contributed by atoms with Crippen LogP contribution in [0.15, 0.2) is 31.0 Å². The number of halogens is 3. The van der Waals surface area contributed by atoms with Crippen molar-refractivity contribution in [3.63, 3.8) is 0 Å². The van der Waals surface area contributed by atoms with Gasteiger partial charge in [0.2, 0.25) is 5.60 Å². The standard InChI is InChI=1S/C17H18F3N7O.C2H6/c1-16(28,17(18,19)20)13-9-27-12(6-24-15(27)8-23-13)11-5-22-7-14(26-11)25-10-2-3-21-4-10;1-2/h5-10,21,28H,2-4H2,1H3,(H,25,26);1-2H3. The number of rotatable bonds is 4. The molecule has 162 valence electrons. The van der Waals surface area contributed by atoms with Crippen molar-refractivity contribution in [1.82, 2.24) is 29.7 Å². The normalized spacial score (nSPS) is 18.6. The van der Waals surface area contributed by atoms with Crippen molar-refractivity contribution in [2.24, 2.45) is 0 Å². The van der Waals surface area contributed by atoms with E-state index in [9.17, 15) is 18.3 Å². The molecule has 4 rings (SSSR count). The average Bonchev–Trinajstić information content (AvgIpc) is 3.38. The number of nitrogens with one attached hydrogen (secondary N) is 2. The van der Waals surface area contributed by atoms with Crippen molar-refractivity contribution in [3.05, 3.63) is 36.7 Å². The molecule has 0 aromatic carbocycles. The molecule has 0 bridgehead atoms. The fraction of sp³-hybridized carbons (Fsp3) is 0.474. The van der Waals surface area contributed by atoms with Crippen LogP contribution in [0, 0.1) is 0 Å². The smallest absolute Gasteiger partial charge is 0.375 e. The van der Waals surface area contributed by atoms with E-state index in [4.69, 9.17) is 0 Å². The summed E-state index contributed by atoms with van der Waals surface area (Å²) in [5, 5.41) is 16.4. The molecule has 4 heterocycles. The number of alkyl halides is 3. The van der Waals surface area contributed by atoms with Gasteiger partial charge in [0, 0.05) is 18.8 Å². The maximum Gasteiger partial charge on any atom is 0.422 e. The van der Waals surface area contributed by atoms with Crippen LogP contribution in [0.25, 0.3) is 17.0 Å². The Morgan fingerprint density at radius 3 is 2.60 bits per heavy atom. The lowest BCUT2D eigenvalue weighted by atomic mass is 10.0. The first-order chi connectivity index (χ1) is 14.3. The molecule has 0 saturated carbocycles. The lowest BCUT2D eigenvalue weighted by Gasteiger charge is -2.25. The number of anilines is 1. The Labute approximate surface area is 171 Å². The van der Waals surface area contributed by atoms with Gasteiger partial charge >= 0.3 is 6.18 Å². The minimum absolute atomic E-state index is 0.240. The van der Waals surface area contributed by atoms with Gasteiger partial charge in [-0.3, -0.25) is 14.4 Å². The maximum absolute atomic E-state index is 13.2. The van der Waals surface area contributed by atoms with E-state index in [-0.39, 0.29) is 6.04 Å². The lowest BCUT2D eigenvalue weighted by Crippen LogP contribution is -2.40. The van der Waals surface area contributed by atoms with E-state index in [1.165, 1.54) is 23.0 Å². The topological polar surface area (TPSA) is 100 Å². The van der Waals surface area contributed by atoms with Crippen LogP contribution in [0.3, 0.4) is 0 Å². The highest BCUT2D eigenvalue weighted by Crippen LogP contribution is 2.37. The molecule has 0 amide bonds. The first-order valence-electron chi connectivity index (χ1n) is 9.68. The molecule has 30 heavy (non-hydrogen) atoms. The molecule has 0 radical (unpaired) electrons. The fourth-order valence-corrected chi connectivity index (χ4v) is 3.02. The molecule has 1 aliphatic rings. The Bertz CT molecular complexity index is 997. The van der Waals surface area contributed by atoms with Crippen molar-refractivity contribution >= 4 is 11.5 Å². The highest BCUT2D eigenvalue weighted by molar-refractivity contribution is 5.60. The van der Waals surface area contributed by atoms with Crippen LogP contribution in [-0.2, 0) is 5.60 Å². The number of hydrogen-bond donors (Lipinski definition) is 3. The van der Waals surface area contributed by atoms with Gasteiger partial charge in [-0.1, -0.05) is 13.8 Å². The number of hydrogen-bond acceptors (Lipinski definition) is 7. The number of imidazole rings is 1. The van der Waals surface area contributed by atoms with Crippen LogP contribution in [-0.4, -0.2) is 54.8 Å². The van der Waals surface area contributed by atoms with E-state index < -0.39 is 17.5 Å². The van der Waals surface area contributed by atoms with Gasteiger partial charge in [0.15, 0.2) is 5.65 Å². The van der Waals surface area contributed by atoms with Gasteiger partial charge in [0.1, 0.15) is 11.5 Å². The zero-order valence-electron chi connectivity index (χ0n) is 16.9. The second-order valence-corrected chi connectivity index (χ2v) is 6.84. The Kier molecular flexibility index (Phi) is 6.22. The van der Waals surface area contributed by atoms with Crippen LogP contribution >= 0.6 is 0 Å². The van der Waals surface area contributed by atoms with E-state index in [0.29, 0.717) is 29.8 Å². The van der Waals surface area contributed by atoms with Crippen LogP contribution in [0.2, 0.25) is 0 Å². The Hall–Kier alpha value is -2.79. The Morgan fingerprint density at radius 2 is 1.93 bits per heavy atom. The Balaban J connectivity index is 0.00000124. The summed E-state index contributed by atoms with van der Waals surface area (Å²) in [6, 6.07) is 0.240. The summed E-state index contributed by atoms with van der Waals surface area (Å²) < 4.78 is 40.9. The third kappa shape index (κ3) is 4.21. The molecule has 2 atom stereocenters. The fourth-order valence-electron chi connectivity index (χ4n) is 3.02. The zero-order valence-corrected chi connectivity index (χ0v) is 16.9. The minimum atomic E-state index is -4.87. The summed E-state index contributed by atoms with van der Waals surface area (Å²) in [6.45, 7) is 6.41. The highest BCUT2D eigenvalue weighted by Gasteiger charge is 2.52. The molecule has 0 aliphatic carbocycles. The monoisotopic (exact) mass is 423 g/mol. The number of fused-ring (bicyclic) bond motifs is 1. The van der Waals surface area contributed by atoms with Gasteiger partial charge in [-0.05, 0) is 19.9 Å². The molecule has 1 fully saturated rings. The van der Waals surface area contributed by atoms with Gasteiger partial charge in [0.25, 0.3) is 0 Å². The SMILES string of the molecule is CC.CC(O)(c1cn2c(-c3cncc(NC4CCNC4)n3)cnc2cn1)C(F)(F)F. The van der Waals surface area contributed by atoms with E-state index in [0.717, 1.165) is 25.7 Å². The first-order valence-corrected chi connectivity index (χ1v) is 9.68. The quantitative estimate of drug-likeness (QED) is 0.593. The van der Waals surface area contributed by atoms with Gasteiger partial charge in [-0.25, -0.2) is 9.97 Å². The molecule has 3 aromatic heterocycles. The van der Waals surface area contributed by atoms with Crippen molar-refractivity contribution in [2.75, 3.05) is 18.4 Å². The van der Waals surface area contributed by atoms with Gasteiger partial charge in [-0.15, -0.1) is 0 Å². The molecule has 3 N–H and O–H groups in total. The van der Waals surface area contributed by atoms with E-state index in [1.54, 1.807) is 6.20 Å². The summed E-state index contributed by atoms with van der Waals surface area (Å²) in [6.07, 6.45) is 2.97. The van der Waals surface area contributed by atoms with Crippen molar-refractivity contribution in [1.29, 1.82) is 0 Å². The highest BCUT2D eigenvalue weighted by atomic mass is 19.4. The molecule has 1 aliphatic heterocycles. The van der Waals surface area contributed by atoms with Gasteiger partial charge in [0.05, 0.1) is 36.2 Å². The minimum Gasteiger partial charge on any atom is -0.375 e. The molecule has 3 aromatic rings. The summed E-state index contributed by atoms with van der Waals surface area (Å²) in [5.41, 5.74) is -2.42. The summed E-state index contributed by atoms with van der Waals surface area (Å²) in [7, 11) is 0. The predicted molar refractivity (Wildman–Crippen MR) is 106 cm³/mol. The maximum atomic E-state index is 13.2. The molecule has 1 saturated heterocycles. The summed E-state index contributed by atoms with van der Waals surface area (Å²) >= 11 is 0. The Morgan fingerprint density at radius 1 is 1.17 bits per heavy atom. The summed E-state index contributed by atoms with van der Waals surface area (Å²) in [5.74, 6) is 0.567. The number of nitrogens with zero attached hydrogens (tertiary/aromatic N) is 5. The average molecular weight is 423 g/mol. The van der Waals surface area contributed by atoms with E-state index in [2.05, 4.69) is 30.6 Å². The van der Waals surface area contributed by atoms with E-state index in [1.807, 2.05) is 13.8 Å². The van der Waals surface area contributed by atoms with Crippen molar-refractivity contribution in [2.45, 2.75) is 45.0 Å². The second kappa shape index (κ2) is 8.52. The van der Waals surface area contributed by atoms with Crippen LogP contribution < -0.4 is 10.6 Å². The summed E-state index contributed by atoms with van der Waals surface area (Å²) in [4.78, 5) is 16.6. The molecule has 0 spiro atoms. The van der Waals surface area contributed by atoms with E-state index >= 15 is 0 Å². The number of aromatic nitrogens is 5. The molecular weight excluding hydrogens is 399 g/mol. The predicted octanol–water partition coefficient (Wildman–Crippen LogP) is 2.76. The van der Waals surface area contributed by atoms with Gasteiger partial charge in [-0.2, -0.15) is 13.2 Å². The van der Waals surface area contributed by atoms with Gasteiger partial charge < -0.3 is 15.7 Å². The molecular formula is C19H24F3N7O. The molecule has 8 nitrogen and oxygen atoms in total. The van der Waals surface area contributed by atoms with Crippen LogP contribution in [0.1, 0.15) is 32.9 Å². The number of aliphatic hydroxyl groups is 1. The molecule has 2 unspecified atom stereocenters. The zero-order chi connectivity index (χ0) is 21.9. The molecule has 11 heteroatoms.